The maximum absolute atomic E-state index is 11.5. The zero-order valence-corrected chi connectivity index (χ0v) is 12.1. The molecule has 0 saturated heterocycles. The molecule has 1 unspecified atom stereocenters. The molecule has 108 valence electrons. The number of aliphatic carboxylic acids is 1. The standard InChI is InChI=1S/C15H18ClNO3/c1-11(15(19)20)3-2-10-17-14(18)9-6-12-4-7-13(16)8-5-12/h4-9,11H,2-3,10H2,1H3,(H,17,18)(H,19,20)/b9-6+. The van der Waals surface area contributed by atoms with E-state index in [9.17, 15) is 9.59 Å². The lowest BCUT2D eigenvalue weighted by Crippen LogP contribution is -2.23. The highest BCUT2D eigenvalue weighted by atomic mass is 35.5. The molecule has 0 heterocycles. The minimum absolute atomic E-state index is 0.192. The number of halogens is 1. The van der Waals surface area contributed by atoms with Crippen LogP contribution in [0.2, 0.25) is 5.02 Å². The van der Waals surface area contributed by atoms with E-state index in [1.165, 1.54) is 6.08 Å². The Kier molecular flexibility index (Phi) is 6.81. The molecule has 0 spiro atoms. The molecule has 1 aromatic carbocycles. The zero-order valence-electron chi connectivity index (χ0n) is 11.3. The fourth-order valence-electron chi connectivity index (χ4n) is 1.55. The number of amides is 1. The largest absolute Gasteiger partial charge is 0.481 e. The van der Waals surface area contributed by atoms with Crippen LogP contribution in [0, 0.1) is 5.92 Å². The second kappa shape index (κ2) is 8.38. The summed E-state index contributed by atoms with van der Waals surface area (Å²) in [6, 6.07) is 7.15. The van der Waals surface area contributed by atoms with Crippen LogP contribution >= 0.6 is 11.6 Å². The molecule has 1 aromatic rings. The van der Waals surface area contributed by atoms with Crippen molar-refractivity contribution in [3.63, 3.8) is 0 Å². The average Bonchev–Trinajstić information content (AvgIpc) is 2.42. The molecule has 0 radical (unpaired) electrons. The molecule has 0 saturated carbocycles. The molecule has 20 heavy (non-hydrogen) atoms. The van der Waals surface area contributed by atoms with Gasteiger partial charge in [-0.25, -0.2) is 0 Å². The van der Waals surface area contributed by atoms with Crippen molar-refractivity contribution in [2.24, 2.45) is 5.92 Å². The number of hydrogen-bond donors (Lipinski definition) is 2. The van der Waals surface area contributed by atoms with Crippen molar-refractivity contribution in [3.05, 3.63) is 40.9 Å². The van der Waals surface area contributed by atoms with Gasteiger partial charge in [-0.1, -0.05) is 30.7 Å². The van der Waals surface area contributed by atoms with Crippen LogP contribution in [-0.2, 0) is 9.59 Å². The Balaban J connectivity index is 2.26. The van der Waals surface area contributed by atoms with E-state index in [1.807, 2.05) is 12.1 Å². The molecule has 0 aromatic heterocycles. The average molecular weight is 296 g/mol. The van der Waals surface area contributed by atoms with Gasteiger partial charge in [0.1, 0.15) is 0 Å². The monoisotopic (exact) mass is 295 g/mol. The molecule has 2 N–H and O–H groups in total. The van der Waals surface area contributed by atoms with Gasteiger partial charge in [0.2, 0.25) is 5.91 Å². The highest BCUT2D eigenvalue weighted by Gasteiger charge is 2.09. The van der Waals surface area contributed by atoms with Gasteiger partial charge in [-0.15, -0.1) is 0 Å². The molecule has 0 bridgehead atoms. The SMILES string of the molecule is CC(CCCNC(=O)/C=C/c1ccc(Cl)cc1)C(=O)O. The molecular formula is C15H18ClNO3. The summed E-state index contributed by atoms with van der Waals surface area (Å²) in [4.78, 5) is 22.1. The fraction of sp³-hybridized carbons (Fsp3) is 0.333. The third-order valence-corrected chi connectivity index (χ3v) is 3.08. The maximum atomic E-state index is 11.5. The van der Waals surface area contributed by atoms with Crippen molar-refractivity contribution in [3.8, 4) is 0 Å². The molecule has 0 aliphatic carbocycles. The summed E-state index contributed by atoms with van der Waals surface area (Å²) in [7, 11) is 0. The van der Waals surface area contributed by atoms with Gasteiger partial charge >= 0.3 is 5.97 Å². The van der Waals surface area contributed by atoms with Gasteiger partial charge in [0.05, 0.1) is 5.92 Å². The van der Waals surface area contributed by atoms with Crippen LogP contribution in [0.1, 0.15) is 25.3 Å². The van der Waals surface area contributed by atoms with E-state index in [-0.39, 0.29) is 11.8 Å². The quantitative estimate of drug-likeness (QED) is 0.600. The Morgan fingerprint density at radius 2 is 2.00 bits per heavy atom. The molecule has 1 atom stereocenters. The van der Waals surface area contributed by atoms with Crippen LogP contribution in [0.4, 0.5) is 0 Å². The Labute approximate surface area is 123 Å². The molecule has 0 aliphatic rings. The summed E-state index contributed by atoms with van der Waals surface area (Å²) >= 11 is 5.76. The summed E-state index contributed by atoms with van der Waals surface area (Å²) in [5, 5.41) is 12.1. The van der Waals surface area contributed by atoms with Crippen molar-refractivity contribution in [1.82, 2.24) is 5.32 Å². The second-order valence-corrected chi connectivity index (χ2v) is 4.99. The van der Waals surface area contributed by atoms with Crippen LogP contribution in [-0.4, -0.2) is 23.5 Å². The molecule has 5 heteroatoms. The lowest BCUT2D eigenvalue weighted by atomic mass is 10.1. The van der Waals surface area contributed by atoms with Crippen LogP contribution in [0.15, 0.2) is 30.3 Å². The summed E-state index contributed by atoms with van der Waals surface area (Å²) < 4.78 is 0. The number of benzene rings is 1. The third-order valence-electron chi connectivity index (χ3n) is 2.83. The van der Waals surface area contributed by atoms with E-state index < -0.39 is 5.97 Å². The Hall–Kier alpha value is -1.81. The maximum Gasteiger partial charge on any atom is 0.306 e. The van der Waals surface area contributed by atoms with Gasteiger partial charge in [-0.2, -0.15) is 0 Å². The molecule has 1 amide bonds. The van der Waals surface area contributed by atoms with E-state index in [2.05, 4.69) is 5.32 Å². The molecular weight excluding hydrogens is 278 g/mol. The van der Waals surface area contributed by atoms with Crippen molar-refractivity contribution in [1.29, 1.82) is 0 Å². The lowest BCUT2D eigenvalue weighted by molar-refractivity contribution is -0.141. The van der Waals surface area contributed by atoms with E-state index in [0.29, 0.717) is 24.4 Å². The van der Waals surface area contributed by atoms with Crippen molar-refractivity contribution in [2.75, 3.05) is 6.54 Å². The number of carboxylic acid groups (broad SMARTS) is 1. The summed E-state index contributed by atoms with van der Waals surface area (Å²) in [5.41, 5.74) is 0.893. The normalized spacial score (nSPS) is 12.3. The topological polar surface area (TPSA) is 66.4 Å². The van der Waals surface area contributed by atoms with Gasteiger partial charge < -0.3 is 10.4 Å². The summed E-state index contributed by atoms with van der Waals surface area (Å²) in [6.45, 7) is 2.13. The van der Waals surface area contributed by atoms with Gasteiger partial charge in [0.15, 0.2) is 0 Å². The van der Waals surface area contributed by atoms with Crippen molar-refractivity contribution >= 4 is 29.6 Å². The zero-order chi connectivity index (χ0) is 15.0. The third kappa shape index (κ3) is 6.38. The highest BCUT2D eigenvalue weighted by Crippen LogP contribution is 2.10. The number of carboxylic acids is 1. The minimum atomic E-state index is -0.807. The minimum Gasteiger partial charge on any atom is -0.481 e. The van der Waals surface area contributed by atoms with Gasteiger partial charge in [0, 0.05) is 17.6 Å². The van der Waals surface area contributed by atoms with E-state index in [4.69, 9.17) is 16.7 Å². The molecule has 0 fully saturated rings. The first kappa shape index (κ1) is 16.2. The first-order valence-corrected chi connectivity index (χ1v) is 6.81. The fourth-order valence-corrected chi connectivity index (χ4v) is 1.67. The van der Waals surface area contributed by atoms with Crippen molar-refractivity contribution in [2.45, 2.75) is 19.8 Å². The number of hydrogen-bond acceptors (Lipinski definition) is 2. The van der Waals surface area contributed by atoms with Crippen LogP contribution in [0.25, 0.3) is 6.08 Å². The Bertz CT molecular complexity index is 482. The second-order valence-electron chi connectivity index (χ2n) is 4.56. The Morgan fingerprint density at radius 1 is 1.35 bits per heavy atom. The summed E-state index contributed by atoms with van der Waals surface area (Å²) in [5.74, 6) is -1.38. The van der Waals surface area contributed by atoms with Crippen LogP contribution < -0.4 is 5.32 Å². The van der Waals surface area contributed by atoms with Gasteiger partial charge in [-0.3, -0.25) is 9.59 Å². The smallest absolute Gasteiger partial charge is 0.306 e. The van der Waals surface area contributed by atoms with Gasteiger partial charge in [0.25, 0.3) is 0 Å². The molecule has 0 aliphatic heterocycles. The summed E-state index contributed by atoms with van der Waals surface area (Å²) in [6.07, 6.45) is 4.35. The van der Waals surface area contributed by atoms with Crippen LogP contribution in [0.3, 0.4) is 0 Å². The van der Waals surface area contributed by atoms with E-state index in [1.54, 1.807) is 25.1 Å². The predicted octanol–water partition coefficient (Wildman–Crippen LogP) is 2.97. The lowest BCUT2D eigenvalue weighted by Gasteiger charge is -2.05. The number of rotatable bonds is 7. The first-order chi connectivity index (χ1) is 9.49. The number of carbonyl (C=O) groups is 2. The van der Waals surface area contributed by atoms with E-state index in [0.717, 1.165) is 5.56 Å². The van der Waals surface area contributed by atoms with Gasteiger partial charge in [-0.05, 0) is 36.6 Å². The van der Waals surface area contributed by atoms with E-state index >= 15 is 0 Å². The number of carbonyl (C=O) groups excluding carboxylic acids is 1. The highest BCUT2D eigenvalue weighted by molar-refractivity contribution is 6.30. The first-order valence-electron chi connectivity index (χ1n) is 6.43. The van der Waals surface area contributed by atoms with Crippen molar-refractivity contribution < 1.29 is 14.7 Å². The molecule has 4 nitrogen and oxygen atoms in total. The predicted molar refractivity (Wildman–Crippen MR) is 79.5 cm³/mol. The Morgan fingerprint density at radius 3 is 2.60 bits per heavy atom. The number of nitrogens with one attached hydrogen (secondary N) is 1. The van der Waals surface area contributed by atoms with Crippen LogP contribution in [0.5, 0.6) is 0 Å². The molecule has 1 rings (SSSR count).